The van der Waals surface area contributed by atoms with Gasteiger partial charge in [-0.3, -0.25) is 14.6 Å². The summed E-state index contributed by atoms with van der Waals surface area (Å²) in [4.78, 5) is 29.0. The Bertz CT molecular complexity index is 930. The maximum absolute atomic E-state index is 12.8. The van der Waals surface area contributed by atoms with E-state index in [1.807, 2.05) is 0 Å². The van der Waals surface area contributed by atoms with E-state index in [1.165, 1.54) is 0 Å². The van der Waals surface area contributed by atoms with Crippen LogP contribution in [0.1, 0.15) is 29.6 Å². The topological polar surface area (TPSA) is 86.8 Å². The molecule has 156 valence electrons. The van der Waals surface area contributed by atoms with Crippen molar-refractivity contribution < 1.29 is 23.8 Å². The number of carbonyl (C=O) groups excluding carboxylic acids is 2. The number of hydrogen-bond acceptors (Lipinski definition) is 6. The molecule has 3 heterocycles. The number of fused-ring (bicyclic) bond motifs is 1. The van der Waals surface area contributed by atoms with Crippen LogP contribution < -0.4 is 10.1 Å². The maximum Gasteiger partial charge on any atom is 0.251 e. The van der Waals surface area contributed by atoms with E-state index in [0.717, 1.165) is 12.8 Å². The Morgan fingerprint density at radius 3 is 2.70 bits per heavy atom. The van der Waals surface area contributed by atoms with E-state index < -0.39 is 0 Å². The largest absolute Gasteiger partial charge is 0.456 e. The number of aromatic nitrogens is 1. The van der Waals surface area contributed by atoms with E-state index in [4.69, 9.17) is 14.2 Å². The number of nitrogens with one attached hydrogen (secondary N) is 1. The van der Waals surface area contributed by atoms with Crippen LogP contribution in [0.15, 0.2) is 48.8 Å². The van der Waals surface area contributed by atoms with Crippen molar-refractivity contribution in [3.05, 3.63) is 54.4 Å². The minimum atomic E-state index is -0.230. The molecule has 7 nitrogen and oxygen atoms in total. The minimum absolute atomic E-state index is 0.0845. The number of hydrogen-bond donors (Lipinski definition) is 1. The fourth-order valence-corrected chi connectivity index (χ4v) is 4.20. The summed E-state index contributed by atoms with van der Waals surface area (Å²) < 4.78 is 17.6. The van der Waals surface area contributed by atoms with Crippen LogP contribution in [0.25, 0.3) is 0 Å². The van der Waals surface area contributed by atoms with Crippen LogP contribution in [0, 0.1) is 11.8 Å². The first-order valence-electron chi connectivity index (χ1n) is 10.4. The molecule has 1 saturated carbocycles. The average Bonchev–Trinajstić information content (AvgIpc) is 3.44. The molecule has 5 rings (SSSR count). The van der Waals surface area contributed by atoms with Crippen LogP contribution in [0.5, 0.6) is 11.5 Å². The first-order chi connectivity index (χ1) is 14.7. The zero-order valence-corrected chi connectivity index (χ0v) is 16.5. The Kier molecular flexibility index (Phi) is 5.23. The van der Waals surface area contributed by atoms with E-state index in [2.05, 4.69) is 10.3 Å². The van der Waals surface area contributed by atoms with Crippen molar-refractivity contribution in [2.45, 2.75) is 37.5 Å². The lowest BCUT2D eigenvalue weighted by Crippen LogP contribution is -2.44. The smallest absolute Gasteiger partial charge is 0.251 e. The van der Waals surface area contributed by atoms with Gasteiger partial charge >= 0.3 is 0 Å². The lowest BCUT2D eigenvalue weighted by atomic mass is 9.94. The number of ketones is 1. The van der Waals surface area contributed by atoms with E-state index >= 15 is 0 Å². The SMILES string of the molecule is O=C(NC1COC2C1OC[C@@H]2CC(=O)C1CC1)c1cccc(Oc2cccnc2)c1. The number of ether oxygens (including phenoxy) is 3. The van der Waals surface area contributed by atoms with Crippen LogP contribution in [-0.4, -0.2) is 48.1 Å². The number of benzene rings is 1. The standard InChI is InChI=1S/C23H24N2O5/c26-20(14-6-7-14)10-16-12-28-22-19(13-29-21(16)22)25-23(27)15-3-1-4-17(9-15)30-18-5-2-8-24-11-18/h1-5,8-9,11,14,16,19,21-22H,6-7,10,12-13H2,(H,25,27)/t16-,19?,21?,22?/m0/s1. The van der Waals surface area contributed by atoms with Crippen molar-refractivity contribution >= 4 is 11.7 Å². The summed E-state index contributed by atoms with van der Waals surface area (Å²) in [6, 6.07) is 10.4. The fraction of sp³-hybridized carbons (Fsp3) is 0.435. The Labute approximate surface area is 174 Å². The van der Waals surface area contributed by atoms with Crippen LogP contribution in [0.4, 0.5) is 0 Å². The highest BCUT2D eigenvalue weighted by atomic mass is 16.6. The highest BCUT2D eigenvalue weighted by Gasteiger charge is 2.49. The normalized spacial score (nSPS) is 27.5. The minimum Gasteiger partial charge on any atom is -0.456 e. The van der Waals surface area contributed by atoms with Gasteiger partial charge < -0.3 is 19.5 Å². The number of carbonyl (C=O) groups is 2. The summed E-state index contributed by atoms with van der Waals surface area (Å²) in [5, 5.41) is 3.02. The molecule has 0 radical (unpaired) electrons. The van der Waals surface area contributed by atoms with Crippen molar-refractivity contribution in [2.24, 2.45) is 11.8 Å². The molecule has 2 aromatic rings. The van der Waals surface area contributed by atoms with Gasteiger partial charge in [0.25, 0.3) is 5.91 Å². The van der Waals surface area contributed by atoms with E-state index in [-0.39, 0.29) is 36.0 Å². The summed E-state index contributed by atoms with van der Waals surface area (Å²) in [5.41, 5.74) is 0.498. The molecule has 0 bridgehead atoms. The number of rotatable bonds is 7. The molecule has 1 N–H and O–H groups in total. The predicted octanol–water partition coefficient (Wildman–Crippen LogP) is 2.76. The summed E-state index contributed by atoms with van der Waals surface area (Å²) in [7, 11) is 0. The molecule has 3 aliphatic rings. The monoisotopic (exact) mass is 408 g/mol. The van der Waals surface area contributed by atoms with Crippen LogP contribution in [-0.2, 0) is 14.3 Å². The van der Waals surface area contributed by atoms with Crippen LogP contribution >= 0.6 is 0 Å². The maximum atomic E-state index is 12.8. The second-order valence-corrected chi connectivity index (χ2v) is 8.20. The quantitative estimate of drug-likeness (QED) is 0.758. The Morgan fingerprint density at radius 2 is 1.90 bits per heavy atom. The third-order valence-corrected chi connectivity index (χ3v) is 5.93. The van der Waals surface area contributed by atoms with Crippen LogP contribution in [0.3, 0.4) is 0 Å². The number of amides is 1. The number of nitrogens with zero attached hydrogens (tertiary/aromatic N) is 1. The molecule has 1 amide bonds. The molecular weight excluding hydrogens is 384 g/mol. The first kappa shape index (κ1) is 19.2. The molecule has 30 heavy (non-hydrogen) atoms. The lowest BCUT2D eigenvalue weighted by Gasteiger charge is -2.18. The Morgan fingerprint density at radius 1 is 1.07 bits per heavy atom. The van der Waals surface area contributed by atoms with Crippen molar-refractivity contribution in [1.29, 1.82) is 0 Å². The predicted molar refractivity (Wildman–Crippen MR) is 107 cm³/mol. The summed E-state index contributed by atoms with van der Waals surface area (Å²) in [5.74, 6) is 1.62. The lowest BCUT2D eigenvalue weighted by molar-refractivity contribution is -0.121. The molecule has 3 fully saturated rings. The van der Waals surface area contributed by atoms with Gasteiger partial charge in [0.05, 0.1) is 31.6 Å². The highest BCUT2D eigenvalue weighted by Crippen LogP contribution is 2.37. The van der Waals surface area contributed by atoms with Crippen molar-refractivity contribution in [3.8, 4) is 11.5 Å². The fourth-order valence-electron chi connectivity index (χ4n) is 4.20. The molecule has 1 aromatic heterocycles. The van der Waals surface area contributed by atoms with Crippen molar-refractivity contribution in [1.82, 2.24) is 10.3 Å². The molecular formula is C23H24N2O5. The Balaban J connectivity index is 1.20. The number of pyridine rings is 1. The molecule has 3 unspecified atom stereocenters. The summed E-state index contributed by atoms with van der Waals surface area (Å²) >= 11 is 0. The molecule has 7 heteroatoms. The van der Waals surface area contributed by atoms with Gasteiger partial charge in [-0.2, -0.15) is 0 Å². The van der Waals surface area contributed by atoms with E-state index in [1.54, 1.807) is 48.8 Å². The molecule has 2 aliphatic heterocycles. The van der Waals surface area contributed by atoms with Gasteiger partial charge in [-0.1, -0.05) is 6.07 Å². The second kappa shape index (κ2) is 8.16. The third-order valence-electron chi connectivity index (χ3n) is 5.93. The van der Waals surface area contributed by atoms with Crippen molar-refractivity contribution in [2.75, 3.05) is 13.2 Å². The molecule has 1 aliphatic carbocycles. The zero-order chi connectivity index (χ0) is 20.5. The molecule has 4 atom stereocenters. The molecule has 0 spiro atoms. The number of Topliss-reactive ketones (excluding diaryl/α,β-unsaturated/α-hetero) is 1. The van der Waals surface area contributed by atoms with Gasteiger partial charge in [0, 0.05) is 30.0 Å². The van der Waals surface area contributed by atoms with E-state index in [0.29, 0.717) is 42.5 Å². The van der Waals surface area contributed by atoms with Crippen molar-refractivity contribution in [3.63, 3.8) is 0 Å². The van der Waals surface area contributed by atoms with Gasteiger partial charge in [-0.25, -0.2) is 0 Å². The second-order valence-electron chi connectivity index (χ2n) is 8.20. The van der Waals surface area contributed by atoms with Crippen LogP contribution in [0.2, 0.25) is 0 Å². The third kappa shape index (κ3) is 4.08. The first-order valence-corrected chi connectivity index (χ1v) is 10.4. The summed E-state index contributed by atoms with van der Waals surface area (Å²) in [6.45, 7) is 0.898. The molecule has 1 aromatic carbocycles. The average molecular weight is 408 g/mol. The molecule has 2 saturated heterocycles. The van der Waals surface area contributed by atoms with Gasteiger partial charge in [0.1, 0.15) is 23.4 Å². The van der Waals surface area contributed by atoms with Gasteiger partial charge in [0.15, 0.2) is 0 Å². The Hall–Kier alpha value is -2.77. The zero-order valence-electron chi connectivity index (χ0n) is 16.5. The van der Waals surface area contributed by atoms with Gasteiger partial charge in [-0.05, 0) is 43.2 Å². The summed E-state index contributed by atoms with van der Waals surface area (Å²) in [6.07, 6.45) is 5.50. The van der Waals surface area contributed by atoms with Gasteiger partial charge in [0.2, 0.25) is 0 Å². The van der Waals surface area contributed by atoms with Gasteiger partial charge in [-0.15, -0.1) is 0 Å². The van der Waals surface area contributed by atoms with E-state index in [9.17, 15) is 9.59 Å². The highest BCUT2D eigenvalue weighted by molar-refractivity contribution is 5.94.